The maximum atomic E-state index is 11.8. The van der Waals surface area contributed by atoms with Gasteiger partial charge in [-0.1, -0.05) is 81.4 Å². The van der Waals surface area contributed by atoms with E-state index in [2.05, 4.69) is 74.3 Å². The molecule has 33 heavy (non-hydrogen) atoms. The molecule has 2 atom stereocenters. The fourth-order valence-electron chi connectivity index (χ4n) is 5.04. The first-order valence-corrected chi connectivity index (χ1v) is 14.3. The third-order valence-corrected chi connectivity index (χ3v) is 12.4. The number of carbonyl (C=O) groups is 1. The third kappa shape index (κ3) is 4.76. The Hall–Kier alpha value is -2.48. The summed E-state index contributed by atoms with van der Waals surface area (Å²) in [4.78, 5) is 18.0. The van der Waals surface area contributed by atoms with Gasteiger partial charge in [0.05, 0.1) is 0 Å². The van der Waals surface area contributed by atoms with E-state index in [9.17, 15) is 9.90 Å². The van der Waals surface area contributed by atoms with Gasteiger partial charge in [0.1, 0.15) is 11.1 Å². The molecule has 7 heteroatoms. The highest BCUT2D eigenvalue weighted by atomic mass is 32.1. The second-order valence-corrected chi connectivity index (χ2v) is 14.9. The van der Waals surface area contributed by atoms with Crippen LogP contribution in [0.3, 0.4) is 0 Å². The van der Waals surface area contributed by atoms with Crippen molar-refractivity contribution in [2.75, 3.05) is 13.1 Å². The van der Waals surface area contributed by atoms with E-state index in [1.165, 1.54) is 15.3 Å². The van der Waals surface area contributed by atoms with Crippen LogP contribution < -0.4 is 10.4 Å². The second-order valence-electron chi connectivity index (χ2n) is 9.70. The fourth-order valence-corrected chi connectivity index (χ4v) is 10.6. The van der Waals surface area contributed by atoms with Crippen molar-refractivity contribution in [2.24, 2.45) is 5.92 Å². The van der Waals surface area contributed by atoms with Crippen LogP contribution in [0, 0.1) is 5.92 Å². The van der Waals surface area contributed by atoms with E-state index in [0.717, 1.165) is 17.8 Å². The van der Waals surface area contributed by atoms with Gasteiger partial charge in [0.2, 0.25) is 0 Å². The highest BCUT2D eigenvalue weighted by molar-refractivity contribution is 7.09. The van der Waals surface area contributed by atoms with Gasteiger partial charge in [-0.05, 0) is 28.3 Å². The molecule has 1 aromatic heterocycles. The highest BCUT2D eigenvalue weighted by Crippen LogP contribution is 2.43. The number of benzene rings is 2. The van der Waals surface area contributed by atoms with E-state index >= 15 is 0 Å². The topological polar surface area (TPSA) is 62.7 Å². The molecule has 1 saturated heterocycles. The Morgan fingerprint density at radius 1 is 1.12 bits per heavy atom. The van der Waals surface area contributed by atoms with Crippen LogP contribution in [0.2, 0.25) is 5.04 Å². The van der Waals surface area contributed by atoms with Crippen LogP contribution in [-0.2, 0) is 4.43 Å². The third-order valence-electron chi connectivity index (χ3n) is 6.57. The molecule has 1 fully saturated rings. The molecule has 3 aromatic rings. The number of hydrogen-bond acceptors (Lipinski definition) is 4. The lowest BCUT2D eigenvalue weighted by molar-refractivity contribution is 0.0588. The molecule has 2 heterocycles. The first-order valence-electron chi connectivity index (χ1n) is 11.5. The standard InChI is InChI=1S/C26H32N2O3SSi/c1-26(2,3)33(21-12-6-4-7-13-21,22-14-8-5-9-15-22)31-23(24-27-16-18-32-24)20-11-10-17-28(19-20)25(29)30/h4-9,12-16,18,20,23H,10-11,17,19H2,1-3H3,(H,29,30)/t20-,23?/m0/s1. The van der Waals surface area contributed by atoms with Gasteiger partial charge in [-0.25, -0.2) is 9.78 Å². The van der Waals surface area contributed by atoms with Crippen LogP contribution in [0.1, 0.15) is 44.7 Å². The quantitative estimate of drug-likeness (QED) is 0.496. The minimum Gasteiger partial charge on any atom is -0.465 e. The largest absolute Gasteiger partial charge is 0.465 e. The van der Waals surface area contributed by atoms with Crippen LogP contribution in [0.5, 0.6) is 0 Å². The van der Waals surface area contributed by atoms with Crippen LogP contribution in [-0.4, -0.2) is 42.5 Å². The Kier molecular flexibility index (Phi) is 7.02. The SMILES string of the molecule is CC(C)(C)[Si](OC(c1nccs1)[C@H]1CCCN(C(=O)O)C1)(c1ccccc1)c1ccccc1. The van der Waals surface area contributed by atoms with Gasteiger partial charge in [0, 0.05) is 30.6 Å². The van der Waals surface area contributed by atoms with E-state index in [1.807, 2.05) is 23.7 Å². The van der Waals surface area contributed by atoms with Gasteiger partial charge < -0.3 is 14.4 Å². The molecular weight excluding hydrogens is 448 g/mol. The van der Waals surface area contributed by atoms with Crippen molar-refractivity contribution < 1.29 is 14.3 Å². The average Bonchev–Trinajstić information content (AvgIpc) is 3.35. The Morgan fingerprint density at radius 3 is 2.21 bits per heavy atom. The summed E-state index contributed by atoms with van der Waals surface area (Å²) in [5.74, 6) is 0.0580. The zero-order valence-corrected chi connectivity index (χ0v) is 21.3. The van der Waals surface area contributed by atoms with Gasteiger partial charge in [0.15, 0.2) is 0 Å². The number of nitrogens with zero attached hydrogens (tertiary/aromatic N) is 2. The summed E-state index contributed by atoms with van der Waals surface area (Å²) in [6.45, 7) is 7.85. The molecule has 0 spiro atoms. The number of carboxylic acid groups (broad SMARTS) is 1. The van der Waals surface area contributed by atoms with E-state index < -0.39 is 14.4 Å². The lowest BCUT2D eigenvalue weighted by atomic mass is 9.93. The monoisotopic (exact) mass is 480 g/mol. The van der Waals surface area contributed by atoms with E-state index in [0.29, 0.717) is 13.1 Å². The van der Waals surface area contributed by atoms with E-state index in [-0.39, 0.29) is 17.1 Å². The normalized spacial score (nSPS) is 18.2. The van der Waals surface area contributed by atoms with Crippen molar-refractivity contribution >= 4 is 36.1 Å². The summed E-state index contributed by atoms with van der Waals surface area (Å²) in [6.07, 6.45) is 2.45. The molecule has 5 nitrogen and oxygen atoms in total. The molecule has 0 radical (unpaired) electrons. The van der Waals surface area contributed by atoms with Gasteiger partial charge in [-0.15, -0.1) is 11.3 Å². The Morgan fingerprint density at radius 2 is 1.73 bits per heavy atom. The van der Waals surface area contributed by atoms with Crippen molar-refractivity contribution in [3.63, 3.8) is 0 Å². The van der Waals surface area contributed by atoms with Gasteiger partial charge in [-0.2, -0.15) is 0 Å². The second kappa shape index (κ2) is 9.79. The van der Waals surface area contributed by atoms with Crippen LogP contribution in [0.15, 0.2) is 72.2 Å². The number of thiazole rings is 1. The maximum absolute atomic E-state index is 11.8. The van der Waals surface area contributed by atoms with Gasteiger partial charge in [-0.3, -0.25) is 0 Å². The summed E-state index contributed by atoms with van der Waals surface area (Å²) >= 11 is 1.60. The van der Waals surface area contributed by atoms with Crippen molar-refractivity contribution in [3.8, 4) is 0 Å². The zero-order chi connectivity index (χ0) is 23.5. The molecule has 0 bridgehead atoms. The summed E-state index contributed by atoms with van der Waals surface area (Å²) in [6, 6.07) is 21.2. The number of aromatic nitrogens is 1. The van der Waals surface area contributed by atoms with Crippen LogP contribution in [0.4, 0.5) is 4.79 Å². The van der Waals surface area contributed by atoms with E-state index in [1.54, 1.807) is 11.3 Å². The molecule has 2 aromatic carbocycles. The van der Waals surface area contributed by atoms with Gasteiger partial charge >= 0.3 is 6.09 Å². The number of amides is 1. The maximum Gasteiger partial charge on any atom is 0.407 e. The van der Waals surface area contributed by atoms with Crippen molar-refractivity contribution in [1.82, 2.24) is 9.88 Å². The predicted octanol–water partition coefficient (Wildman–Crippen LogP) is 5.15. The Labute approximate surface area is 201 Å². The molecule has 4 rings (SSSR count). The minimum absolute atomic E-state index is 0.0580. The minimum atomic E-state index is -2.80. The summed E-state index contributed by atoms with van der Waals surface area (Å²) in [5.41, 5.74) is 0. The molecular formula is C26H32N2O3SSi. The lowest BCUT2D eigenvalue weighted by Crippen LogP contribution is -2.67. The molecule has 0 saturated carbocycles. The Bertz CT molecular complexity index is 999. The summed E-state index contributed by atoms with van der Waals surface area (Å²) < 4.78 is 7.45. The predicted molar refractivity (Wildman–Crippen MR) is 136 cm³/mol. The Balaban J connectivity index is 1.86. The fraction of sp³-hybridized carbons (Fsp3) is 0.385. The van der Waals surface area contributed by atoms with Crippen LogP contribution in [0.25, 0.3) is 0 Å². The van der Waals surface area contributed by atoms with Gasteiger partial charge in [0.25, 0.3) is 8.32 Å². The number of rotatable bonds is 6. The molecule has 1 aliphatic heterocycles. The molecule has 1 N–H and O–H groups in total. The van der Waals surface area contributed by atoms with Crippen molar-refractivity contribution in [1.29, 1.82) is 0 Å². The zero-order valence-electron chi connectivity index (χ0n) is 19.5. The van der Waals surface area contributed by atoms with Crippen molar-refractivity contribution in [2.45, 2.75) is 44.8 Å². The number of likely N-dealkylation sites (tertiary alicyclic amines) is 1. The summed E-state index contributed by atoms with van der Waals surface area (Å²) in [5, 5.41) is 14.9. The number of hydrogen-bond donors (Lipinski definition) is 1. The van der Waals surface area contributed by atoms with Crippen LogP contribution >= 0.6 is 11.3 Å². The molecule has 174 valence electrons. The smallest absolute Gasteiger partial charge is 0.407 e. The molecule has 1 unspecified atom stereocenters. The first-order chi connectivity index (χ1) is 15.8. The first kappa shape index (κ1) is 23.7. The number of piperidine rings is 1. The summed E-state index contributed by atoms with van der Waals surface area (Å²) in [7, 11) is -2.80. The molecule has 1 aliphatic rings. The van der Waals surface area contributed by atoms with Crippen molar-refractivity contribution in [3.05, 3.63) is 77.2 Å². The average molecular weight is 481 g/mol. The lowest BCUT2D eigenvalue weighted by Gasteiger charge is -2.47. The van der Waals surface area contributed by atoms with E-state index in [4.69, 9.17) is 4.43 Å². The molecule has 0 aliphatic carbocycles. The highest BCUT2D eigenvalue weighted by Gasteiger charge is 2.53. The molecule has 1 amide bonds.